The molecule has 0 saturated heterocycles. The molecule has 2 rings (SSSR count). The van der Waals surface area contributed by atoms with E-state index in [-0.39, 0.29) is 30.0 Å². The maximum atomic E-state index is 5.69. The van der Waals surface area contributed by atoms with E-state index in [1.54, 1.807) is 0 Å². The van der Waals surface area contributed by atoms with Crippen LogP contribution in [0.15, 0.2) is 29.3 Å². The number of rotatable bonds is 6. The van der Waals surface area contributed by atoms with Gasteiger partial charge in [0, 0.05) is 25.6 Å². The number of aliphatic imine (C=N–C) groups is 1. The molecule has 1 heterocycles. The van der Waals surface area contributed by atoms with Gasteiger partial charge in [-0.05, 0) is 30.9 Å². The topological polar surface area (TPSA) is 45.7 Å². The van der Waals surface area contributed by atoms with Gasteiger partial charge in [-0.3, -0.25) is 4.99 Å². The molecule has 0 fully saturated rings. The number of guanidine groups is 1. The second kappa shape index (κ2) is 11.0. The third kappa shape index (κ3) is 5.87. The number of para-hydroxylation sites is 1. The van der Waals surface area contributed by atoms with E-state index < -0.39 is 0 Å². The molecule has 1 atom stereocenters. The third-order valence-corrected chi connectivity index (χ3v) is 4.26. The molecule has 1 aromatic carbocycles. The number of unbranched alkanes of at least 4 members (excludes halogenated alkanes) is 1. The van der Waals surface area contributed by atoms with Gasteiger partial charge >= 0.3 is 0 Å². The van der Waals surface area contributed by atoms with E-state index in [4.69, 9.17) is 4.74 Å². The number of thioether (sulfide) groups is 1. The molecule has 0 aromatic heterocycles. The van der Waals surface area contributed by atoms with Gasteiger partial charge in [0.2, 0.25) is 0 Å². The van der Waals surface area contributed by atoms with E-state index in [0.29, 0.717) is 0 Å². The van der Waals surface area contributed by atoms with Crippen LogP contribution in [0.25, 0.3) is 0 Å². The lowest BCUT2D eigenvalue weighted by Crippen LogP contribution is -2.41. The standard InChI is InChI=1S/C16H25N3OS.HI/c1-17-16(18-10-5-6-12-21-2)19-14-9-11-20-15-8-4-3-7-13(14)15;/h3-4,7-8,14H,5-6,9-12H2,1-2H3,(H2,17,18,19);1H. The van der Waals surface area contributed by atoms with Crippen LogP contribution in [0.4, 0.5) is 0 Å². The summed E-state index contributed by atoms with van der Waals surface area (Å²) in [5.41, 5.74) is 1.22. The fourth-order valence-corrected chi connectivity index (χ4v) is 2.92. The second-order valence-electron chi connectivity index (χ2n) is 5.07. The number of ether oxygens (including phenoxy) is 1. The van der Waals surface area contributed by atoms with E-state index in [0.717, 1.165) is 31.3 Å². The van der Waals surface area contributed by atoms with Gasteiger partial charge in [0.15, 0.2) is 5.96 Å². The number of hydrogen-bond donors (Lipinski definition) is 2. The van der Waals surface area contributed by atoms with Gasteiger partial charge < -0.3 is 15.4 Å². The molecule has 2 N–H and O–H groups in total. The first kappa shape index (κ1) is 19.4. The minimum atomic E-state index is 0. The second-order valence-corrected chi connectivity index (χ2v) is 6.06. The summed E-state index contributed by atoms with van der Waals surface area (Å²) < 4.78 is 5.69. The zero-order valence-corrected chi connectivity index (χ0v) is 16.4. The summed E-state index contributed by atoms with van der Waals surface area (Å²) >= 11 is 1.90. The minimum absolute atomic E-state index is 0. The fourth-order valence-electron chi connectivity index (χ4n) is 2.43. The molecular formula is C16H26IN3OS. The highest BCUT2D eigenvalue weighted by Gasteiger charge is 2.21. The maximum Gasteiger partial charge on any atom is 0.191 e. The first-order valence-electron chi connectivity index (χ1n) is 7.53. The lowest BCUT2D eigenvalue weighted by molar-refractivity contribution is 0.261. The van der Waals surface area contributed by atoms with Gasteiger partial charge in [0.25, 0.3) is 0 Å². The van der Waals surface area contributed by atoms with Gasteiger partial charge in [-0.25, -0.2) is 0 Å². The van der Waals surface area contributed by atoms with Crippen LogP contribution in [0.1, 0.15) is 30.9 Å². The molecule has 0 bridgehead atoms. The predicted octanol–water partition coefficient (Wildman–Crippen LogP) is 3.44. The number of benzene rings is 1. The Morgan fingerprint density at radius 2 is 2.18 bits per heavy atom. The van der Waals surface area contributed by atoms with Crippen LogP contribution < -0.4 is 15.4 Å². The summed E-state index contributed by atoms with van der Waals surface area (Å²) in [5.74, 6) is 3.08. The van der Waals surface area contributed by atoms with Crippen molar-refractivity contribution >= 4 is 41.7 Å². The van der Waals surface area contributed by atoms with E-state index in [2.05, 4.69) is 34.0 Å². The maximum absolute atomic E-state index is 5.69. The first-order chi connectivity index (χ1) is 10.3. The van der Waals surface area contributed by atoms with Crippen molar-refractivity contribution in [2.24, 2.45) is 4.99 Å². The van der Waals surface area contributed by atoms with Gasteiger partial charge in [-0.1, -0.05) is 18.2 Å². The minimum Gasteiger partial charge on any atom is -0.493 e. The van der Waals surface area contributed by atoms with Crippen molar-refractivity contribution in [2.75, 3.05) is 32.2 Å². The lowest BCUT2D eigenvalue weighted by Gasteiger charge is -2.28. The Balaban J connectivity index is 0.00000242. The highest BCUT2D eigenvalue weighted by Crippen LogP contribution is 2.31. The Morgan fingerprint density at radius 3 is 2.95 bits per heavy atom. The summed E-state index contributed by atoms with van der Waals surface area (Å²) in [4.78, 5) is 4.32. The van der Waals surface area contributed by atoms with Gasteiger partial charge in [-0.2, -0.15) is 11.8 Å². The molecule has 22 heavy (non-hydrogen) atoms. The summed E-state index contributed by atoms with van der Waals surface area (Å²) in [7, 11) is 1.82. The lowest BCUT2D eigenvalue weighted by atomic mass is 10.0. The largest absolute Gasteiger partial charge is 0.493 e. The smallest absolute Gasteiger partial charge is 0.191 e. The Morgan fingerprint density at radius 1 is 1.36 bits per heavy atom. The van der Waals surface area contributed by atoms with Crippen molar-refractivity contribution in [3.05, 3.63) is 29.8 Å². The zero-order chi connectivity index (χ0) is 14.9. The molecule has 1 aliphatic heterocycles. The normalized spacial score (nSPS) is 17.0. The van der Waals surface area contributed by atoms with Gasteiger partial charge in [-0.15, -0.1) is 24.0 Å². The van der Waals surface area contributed by atoms with Crippen LogP contribution >= 0.6 is 35.7 Å². The number of hydrogen-bond acceptors (Lipinski definition) is 3. The molecule has 1 unspecified atom stereocenters. The highest BCUT2D eigenvalue weighted by atomic mass is 127. The van der Waals surface area contributed by atoms with Crippen molar-refractivity contribution in [3.63, 3.8) is 0 Å². The summed E-state index contributed by atoms with van der Waals surface area (Å²) in [5, 5.41) is 6.90. The molecule has 6 heteroatoms. The zero-order valence-electron chi connectivity index (χ0n) is 13.3. The van der Waals surface area contributed by atoms with Crippen LogP contribution in [-0.4, -0.2) is 38.2 Å². The van der Waals surface area contributed by atoms with Crippen LogP contribution in [0, 0.1) is 0 Å². The van der Waals surface area contributed by atoms with Crippen LogP contribution in [0.2, 0.25) is 0 Å². The van der Waals surface area contributed by atoms with E-state index >= 15 is 0 Å². The van der Waals surface area contributed by atoms with Crippen molar-refractivity contribution < 1.29 is 4.74 Å². The van der Waals surface area contributed by atoms with Gasteiger partial charge in [0.1, 0.15) is 5.75 Å². The van der Waals surface area contributed by atoms with Crippen molar-refractivity contribution in [3.8, 4) is 5.75 Å². The van der Waals surface area contributed by atoms with Crippen molar-refractivity contribution in [1.82, 2.24) is 10.6 Å². The summed E-state index contributed by atoms with van der Waals surface area (Å²) in [6, 6.07) is 8.49. The molecule has 0 aliphatic carbocycles. The number of nitrogens with one attached hydrogen (secondary N) is 2. The van der Waals surface area contributed by atoms with E-state index in [1.165, 1.54) is 24.2 Å². The first-order valence-corrected chi connectivity index (χ1v) is 8.92. The Hall–Kier alpha value is -0.630. The third-order valence-electron chi connectivity index (χ3n) is 3.56. The summed E-state index contributed by atoms with van der Waals surface area (Å²) in [6.45, 7) is 1.71. The number of halogens is 1. The molecule has 0 saturated carbocycles. The van der Waals surface area contributed by atoms with Gasteiger partial charge in [0.05, 0.1) is 12.6 Å². The van der Waals surface area contributed by atoms with E-state index in [9.17, 15) is 0 Å². The Kier molecular flexibility index (Phi) is 9.70. The predicted molar refractivity (Wildman–Crippen MR) is 107 cm³/mol. The SMILES string of the molecule is CN=C(NCCCCSC)NC1CCOc2ccccc21.I. The van der Waals surface area contributed by atoms with Crippen LogP contribution in [0.5, 0.6) is 5.75 Å². The van der Waals surface area contributed by atoms with Crippen LogP contribution in [-0.2, 0) is 0 Å². The molecular weight excluding hydrogens is 409 g/mol. The average Bonchev–Trinajstić information content (AvgIpc) is 2.53. The molecule has 4 nitrogen and oxygen atoms in total. The monoisotopic (exact) mass is 435 g/mol. The Bertz CT molecular complexity index is 470. The molecule has 0 spiro atoms. The Labute approximate surface area is 154 Å². The quantitative estimate of drug-likeness (QED) is 0.311. The number of nitrogens with zero attached hydrogens (tertiary/aromatic N) is 1. The van der Waals surface area contributed by atoms with Crippen LogP contribution in [0.3, 0.4) is 0 Å². The van der Waals surface area contributed by atoms with E-state index in [1.807, 2.05) is 30.9 Å². The highest BCUT2D eigenvalue weighted by molar-refractivity contribution is 14.0. The average molecular weight is 435 g/mol. The fraction of sp³-hybridized carbons (Fsp3) is 0.562. The summed E-state index contributed by atoms with van der Waals surface area (Å²) in [6.07, 6.45) is 5.53. The molecule has 0 amide bonds. The van der Waals surface area contributed by atoms with Crippen molar-refractivity contribution in [2.45, 2.75) is 25.3 Å². The van der Waals surface area contributed by atoms with Crippen molar-refractivity contribution in [1.29, 1.82) is 0 Å². The molecule has 124 valence electrons. The molecule has 0 radical (unpaired) electrons. The molecule has 1 aromatic rings. The number of fused-ring (bicyclic) bond motifs is 1. The molecule has 1 aliphatic rings.